The molecule has 2 N–H and O–H groups in total. The summed E-state index contributed by atoms with van der Waals surface area (Å²) in [4.78, 5) is 16.8. The molecular weight excluding hydrogens is 310 g/mol. The molecule has 1 aromatic heterocycles. The molecule has 1 rings (SSSR count). The Kier molecular flexibility index (Phi) is 7.41. The quantitative estimate of drug-likeness (QED) is 0.562. The molecule has 1 amide bonds. The number of hydrogen-bond donors (Lipinski definition) is 2. The van der Waals surface area contributed by atoms with Gasteiger partial charge in [0.15, 0.2) is 0 Å². The number of carbonyl (C=O) groups is 1. The van der Waals surface area contributed by atoms with Gasteiger partial charge in [0.1, 0.15) is 23.4 Å². The summed E-state index contributed by atoms with van der Waals surface area (Å²) < 4.78 is 16.3. The molecule has 0 aliphatic carbocycles. The zero-order chi connectivity index (χ0) is 18.3. The van der Waals surface area contributed by atoms with E-state index in [-0.39, 0.29) is 6.23 Å². The Balaban J connectivity index is 2.44. The summed E-state index contributed by atoms with van der Waals surface area (Å²) in [6, 6.07) is 0. The van der Waals surface area contributed by atoms with E-state index in [1.165, 1.54) is 0 Å². The third kappa shape index (κ3) is 5.96. The van der Waals surface area contributed by atoms with Gasteiger partial charge in [0, 0.05) is 25.4 Å². The second kappa shape index (κ2) is 8.82. The Hall–Kier alpha value is -1.89. The summed E-state index contributed by atoms with van der Waals surface area (Å²) in [6.07, 6.45) is 2.12. The van der Waals surface area contributed by atoms with Crippen molar-refractivity contribution in [2.75, 3.05) is 32.2 Å². The van der Waals surface area contributed by atoms with Crippen molar-refractivity contribution in [2.24, 2.45) is 0 Å². The standard InChI is InChI=1S/C17H31N3O4/c1-8-13-14(22-7)11-19-15(13)20(6)12(2)23-10-9-18-16(21)24-17(3,4)5/h11-12,19H,8-10H2,1-7H3,(H,18,21). The van der Waals surface area contributed by atoms with Crippen molar-refractivity contribution in [3.05, 3.63) is 11.8 Å². The molecular formula is C17H31N3O4. The van der Waals surface area contributed by atoms with Crippen molar-refractivity contribution in [1.82, 2.24) is 10.3 Å². The van der Waals surface area contributed by atoms with Gasteiger partial charge in [-0.2, -0.15) is 0 Å². The minimum atomic E-state index is -0.498. The average molecular weight is 341 g/mol. The van der Waals surface area contributed by atoms with Crippen LogP contribution in [0.1, 0.15) is 40.2 Å². The molecule has 138 valence electrons. The fraction of sp³-hybridized carbons (Fsp3) is 0.706. The normalized spacial score (nSPS) is 12.6. The molecule has 0 aliphatic rings. The lowest BCUT2D eigenvalue weighted by atomic mass is 10.2. The van der Waals surface area contributed by atoms with E-state index in [2.05, 4.69) is 17.2 Å². The van der Waals surface area contributed by atoms with Crippen LogP contribution >= 0.6 is 0 Å². The fourth-order valence-electron chi connectivity index (χ4n) is 2.25. The average Bonchev–Trinajstić information content (AvgIpc) is 2.91. The Morgan fingerprint density at radius 2 is 2.08 bits per heavy atom. The van der Waals surface area contributed by atoms with Crippen LogP contribution < -0.4 is 15.0 Å². The fourth-order valence-corrected chi connectivity index (χ4v) is 2.25. The lowest BCUT2D eigenvalue weighted by Gasteiger charge is -2.27. The van der Waals surface area contributed by atoms with Crippen LogP contribution in [0.3, 0.4) is 0 Å². The predicted molar refractivity (Wildman–Crippen MR) is 94.8 cm³/mol. The molecule has 0 aliphatic heterocycles. The van der Waals surface area contributed by atoms with Crippen LogP contribution in [0.15, 0.2) is 6.20 Å². The van der Waals surface area contributed by atoms with Gasteiger partial charge in [-0.15, -0.1) is 0 Å². The number of carbonyl (C=O) groups excluding carboxylic acids is 1. The molecule has 1 unspecified atom stereocenters. The van der Waals surface area contributed by atoms with Gasteiger partial charge in [-0.05, 0) is 34.1 Å². The predicted octanol–water partition coefficient (Wildman–Crippen LogP) is 2.91. The Bertz CT molecular complexity index is 522. The molecule has 0 spiro atoms. The summed E-state index contributed by atoms with van der Waals surface area (Å²) in [7, 11) is 3.62. The highest BCUT2D eigenvalue weighted by molar-refractivity contribution is 5.67. The first-order valence-corrected chi connectivity index (χ1v) is 8.25. The number of aromatic nitrogens is 1. The highest BCUT2D eigenvalue weighted by Crippen LogP contribution is 2.29. The summed E-state index contributed by atoms with van der Waals surface area (Å²) in [5.74, 6) is 1.82. The number of nitrogens with zero attached hydrogens (tertiary/aromatic N) is 1. The van der Waals surface area contributed by atoms with Gasteiger partial charge in [0.2, 0.25) is 0 Å². The van der Waals surface area contributed by atoms with E-state index < -0.39 is 11.7 Å². The van der Waals surface area contributed by atoms with E-state index in [4.69, 9.17) is 14.2 Å². The van der Waals surface area contributed by atoms with E-state index in [9.17, 15) is 4.79 Å². The number of H-pyrrole nitrogens is 1. The summed E-state index contributed by atoms with van der Waals surface area (Å²) in [5, 5.41) is 2.68. The highest BCUT2D eigenvalue weighted by atomic mass is 16.6. The van der Waals surface area contributed by atoms with Crippen molar-refractivity contribution in [3.63, 3.8) is 0 Å². The second-order valence-electron chi connectivity index (χ2n) is 6.55. The van der Waals surface area contributed by atoms with Gasteiger partial charge < -0.3 is 29.4 Å². The van der Waals surface area contributed by atoms with Crippen LogP contribution in [-0.2, 0) is 15.9 Å². The van der Waals surface area contributed by atoms with Crippen LogP contribution in [0.5, 0.6) is 5.75 Å². The SMILES string of the molecule is CCc1c(OC)c[nH]c1N(C)C(C)OCCNC(=O)OC(C)(C)C. The van der Waals surface area contributed by atoms with Gasteiger partial charge in [0.05, 0.1) is 13.7 Å². The van der Waals surface area contributed by atoms with Crippen LogP contribution in [0.2, 0.25) is 0 Å². The maximum absolute atomic E-state index is 11.6. The summed E-state index contributed by atoms with van der Waals surface area (Å²) in [5.41, 5.74) is 0.615. The zero-order valence-electron chi connectivity index (χ0n) is 15.9. The van der Waals surface area contributed by atoms with Crippen molar-refractivity contribution in [2.45, 2.75) is 52.9 Å². The minimum Gasteiger partial charge on any atom is -0.495 e. The summed E-state index contributed by atoms with van der Waals surface area (Å²) >= 11 is 0. The molecule has 24 heavy (non-hydrogen) atoms. The van der Waals surface area contributed by atoms with Crippen molar-refractivity contribution >= 4 is 11.9 Å². The van der Waals surface area contributed by atoms with E-state index in [0.29, 0.717) is 13.2 Å². The van der Waals surface area contributed by atoms with E-state index in [1.54, 1.807) is 7.11 Å². The molecule has 7 nitrogen and oxygen atoms in total. The largest absolute Gasteiger partial charge is 0.495 e. The maximum Gasteiger partial charge on any atom is 0.407 e. The van der Waals surface area contributed by atoms with E-state index in [1.807, 2.05) is 45.8 Å². The number of nitrogens with one attached hydrogen (secondary N) is 2. The van der Waals surface area contributed by atoms with Gasteiger partial charge >= 0.3 is 6.09 Å². The number of methoxy groups -OCH3 is 1. The number of aromatic amines is 1. The molecule has 0 aromatic carbocycles. The zero-order valence-corrected chi connectivity index (χ0v) is 15.9. The lowest BCUT2D eigenvalue weighted by Crippen LogP contribution is -2.37. The van der Waals surface area contributed by atoms with E-state index in [0.717, 1.165) is 23.6 Å². The van der Waals surface area contributed by atoms with E-state index >= 15 is 0 Å². The maximum atomic E-state index is 11.6. The van der Waals surface area contributed by atoms with Crippen LogP contribution in [0.4, 0.5) is 10.6 Å². The highest BCUT2D eigenvalue weighted by Gasteiger charge is 2.19. The van der Waals surface area contributed by atoms with Crippen LogP contribution in [0.25, 0.3) is 0 Å². The smallest absolute Gasteiger partial charge is 0.407 e. The second-order valence-corrected chi connectivity index (χ2v) is 6.55. The lowest BCUT2D eigenvalue weighted by molar-refractivity contribution is 0.0435. The monoisotopic (exact) mass is 341 g/mol. The first-order chi connectivity index (χ1) is 11.2. The molecule has 0 radical (unpaired) electrons. The molecule has 1 aromatic rings. The Labute approximate surface area is 144 Å². The number of ether oxygens (including phenoxy) is 3. The van der Waals surface area contributed by atoms with Gasteiger partial charge in [-0.1, -0.05) is 6.92 Å². The third-order valence-corrected chi connectivity index (χ3v) is 3.52. The van der Waals surface area contributed by atoms with Gasteiger partial charge in [0.25, 0.3) is 0 Å². The van der Waals surface area contributed by atoms with Gasteiger partial charge in [-0.25, -0.2) is 4.79 Å². The Morgan fingerprint density at radius 3 is 2.62 bits per heavy atom. The first kappa shape index (κ1) is 20.2. The topological polar surface area (TPSA) is 75.8 Å². The van der Waals surface area contributed by atoms with Crippen LogP contribution in [-0.4, -0.2) is 50.2 Å². The Morgan fingerprint density at radius 1 is 1.42 bits per heavy atom. The molecule has 1 atom stereocenters. The first-order valence-electron chi connectivity index (χ1n) is 8.25. The van der Waals surface area contributed by atoms with Gasteiger partial charge in [-0.3, -0.25) is 0 Å². The van der Waals surface area contributed by atoms with Crippen LogP contribution in [0, 0.1) is 0 Å². The van der Waals surface area contributed by atoms with Crippen molar-refractivity contribution in [3.8, 4) is 5.75 Å². The molecule has 0 fully saturated rings. The van der Waals surface area contributed by atoms with Crippen molar-refractivity contribution in [1.29, 1.82) is 0 Å². The molecule has 0 bridgehead atoms. The molecule has 1 heterocycles. The number of amides is 1. The minimum absolute atomic E-state index is 0.154. The molecule has 0 saturated heterocycles. The number of alkyl carbamates (subject to hydrolysis) is 1. The summed E-state index contributed by atoms with van der Waals surface area (Å²) in [6.45, 7) is 10.3. The number of anilines is 1. The third-order valence-electron chi connectivity index (χ3n) is 3.52. The van der Waals surface area contributed by atoms with Crippen molar-refractivity contribution < 1.29 is 19.0 Å². The number of hydrogen-bond acceptors (Lipinski definition) is 5. The molecule has 0 saturated carbocycles. The number of rotatable bonds is 8. The molecule has 7 heteroatoms.